The Labute approximate surface area is 69.1 Å². The van der Waals surface area contributed by atoms with Crippen LogP contribution in [0.4, 0.5) is 0 Å². The molecular formula is C5H11AuOP+. The van der Waals surface area contributed by atoms with E-state index < -0.39 is 0 Å². The van der Waals surface area contributed by atoms with Crippen LogP contribution >= 0.6 is 9.90 Å². The van der Waals surface area contributed by atoms with Gasteiger partial charge in [-0.1, -0.05) is 18.9 Å². The van der Waals surface area contributed by atoms with Crippen molar-refractivity contribution in [2.24, 2.45) is 0 Å². The van der Waals surface area contributed by atoms with E-state index in [1.807, 2.05) is 6.29 Å². The minimum Gasteiger partial charge on any atom is -0.471 e. The maximum absolute atomic E-state index is 7.90. The molecule has 52 valence electrons. The molecule has 0 amide bonds. The summed E-state index contributed by atoms with van der Waals surface area (Å²) in [6, 6.07) is 0. The summed E-state index contributed by atoms with van der Waals surface area (Å²) in [4.78, 5) is 7.90. The van der Waals surface area contributed by atoms with E-state index in [9.17, 15) is 0 Å². The Hall–Kier alpha value is 0.580. The molecule has 1 N–H and O–H groups in total. The maximum atomic E-state index is 7.90. The van der Waals surface area contributed by atoms with Gasteiger partial charge in [-0.05, 0) is 6.29 Å². The number of hydrogen-bond donors (Lipinski definition) is 0. The predicted octanol–water partition coefficient (Wildman–Crippen LogP) is 1.06. The van der Waals surface area contributed by atoms with Crippen molar-refractivity contribution in [1.29, 1.82) is 0 Å². The first-order valence-corrected chi connectivity index (χ1v) is 1.89. The van der Waals surface area contributed by atoms with Gasteiger partial charge >= 0.3 is 22.4 Å². The van der Waals surface area contributed by atoms with Gasteiger partial charge in [-0.25, -0.2) is 0 Å². The molecule has 0 aliphatic carbocycles. The Bertz CT molecular complexity index is 48.4. The summed E-state index contributed by atoms with van der Waals surface area (Å²) in [6.07, 6.45) is 5.15. The molecule has 0 spiro atoms. The summed E-state index contributed by atoms with van der Waals surface area (Å²) in [5, 5.41) is 0. The topological polar surface area (TPSA) is 21.4 Å². The van der Waals surface area contributed by atoms with Crippen molar-refractivity contribution >= 4 is 16.2 Å². The van der Waals surface area contributed by atoms with Gasteiger partial charge in [0.15, 0.2) is 0 Å². The molecule has 0 fully saturated rings. The molecule has 1 unspecified atom stereocenters. The molecule has 0 aliphatic rings. The number of carbonyl (C=O) groups excluding carboxylic acids is 1. The molecule has 0 aromatic carbocycles. The second-order valence-electron chi connectivity index (χ2n) is 0.985. The second-order valence-corrected chi connectivity index (χ2v) is 0.985. The SMILES string of the molecule is C=CCC[C-]=[OH+].P.[Au+]. The Kier molecular flexibility index (Phi) is 31.0. The van der Waals surface area contributed by atoms with Crippen LogP contribution in [0.25, 0.3) is 0 Å². The largest absolute Gasteiger partial charge is 1.00 e. The summed E-state index contributed by atoms with van der Waals surface area (Å²) in [5.74, 6) is 0. The van der Waals surface area contributed by atoms with Crippen molar-refractivity contribution < 1.29 is 27.2 Å². The van der Waals surface area contributed by atoms with Gasteiger partial charge in [0.05, 0.1) is 0 Å². The van der Waals surface area contributed by atoms with Gasteiger partial charge in [0.2, 0.25) is 0 Å². The molecule has 0 saturated heterocycles. The van der Waals surface area contributed by atoms with E-state index in [2.05, 4.69) is 6.58 Å². The average molecular weight is 315 g/mol. The van der Waals surface area contributed by atoms with Crippen molar-refractivity contribution in [3.05, 3.63) is 12.7 Å². The molecule has 0 radical (unpaired) electrons. The molecule has 3 heteroatoms. The van der Waals surface area contributed by atoms with E-state index >= 15 is 0 Å². The molecule has 0 saturated carbocycles. The first-order valence-electron chi connectivity index (χ1n) is 1.89. The zero-order chi connectivity index (χ0) is 4.83. The van der Waals surface area contributed by atoms with Gasteiger partial charge in [-0.2, -0.15) is 9.90 Å². The number of unbranched alkanes of at least 4 members (excludes halogenated alkanes) is 1. The first kappa shape index (κ1) is 15.8. The minimum atomic E-state index is 0. The third kappa shape index (κ3) is 16.0. The van der Waals surface area contributed by atoms with E-state index in [-0.39, 0.29) is 32.3 Å². The quantitative estimate of drug-likeness (QED) is 0.186. The van der Waals surface area contributed by atoms with E-state index in [1.54, 1.807) is 6.08 Å². The van der Waals surface area contributed by atoms with E-state index in [0.29, 0.717) is 6.42 Å². The first-order chi connectivity index (χ1) is 2.91. The molecule has 0 aliphatic heterocycles. The van der Waals surface area contributed by atoms with Crippen LogP contribution in [0.15, 0.2) is 12.7 Å². The standard InChI is InChI=1S/C5H8O.Au.H3P/c1-2-3-4-5-6;;/h2,6H,1,3-4H2;;1H3/q;+1;. The second kappa shape index (κ2) is 15.6. The molecule has 0 aromatic rings. The molecule has 1 nitrogen and oxygen atoms in total. The van der Waals surface area contributed by atoms with Crippen LogP contribution in [-0.2, 0) is 22.4 Å². The summed E-state index contributed by atoms with van der Waals surface area (Å²) >= 11 is 0. The van der Waals surface area contributed by atoms with Crippen molar-refractivity contribution in [3.63, 3.8) is 0 Å². The fraction of sp³-hybridized carbons (Fsp3) is 0.400. The predicted molar refractivity (Wildman–Crippen MR) is 37.5 cm³/mol. The Balaban J connectivity index is -0.000000125. The molecule has 8 heavy (non-hydrogen) atoms. The monoisotopic (exact) mass is 315 g/mol. The minimum absolute atomic E-state index is 0. The van der Waals surface area contributed by atoms with Gasteiger partial charge in [-0.3, -0.25) is 0 Å². The molecule has 1 atom stereocenters. The number of hydrogen-bond acceptors (Lipinski definition) is 0. The van der Waals surface area contributed by atoms with Crippen molar-refractivity contribution in [1.82, 2.24) is 0 Å². The Morgan fingerprint density at radius 1 is 1.62 bits per heavy atom. The van der Waals surface area contributed by atoms with Gasteiger partial charge in [-0.15, -0.1) is 6.58 Å². The summed E-state index contributed by atoms with van der Waals surface area (Å²) in [5.41, 5.74) is 0. The average Bonchev–Trinajstić information content (AvgIpc) is 1.61. The van der Waals surface area contributed by atoms with E-state index in [1.165, 1.54) is 0 Å². The molecular weight excluding hydrogens is 304 g/mol. The van der Waals surface area contributed by atoms with E-state index in [4.69, 9.17) is 4.79 Å². The van der Waals surface area contributed by atoms with Crippen molar-refractivity contribution in [3.8, 4) is 0 Å². The Morgan fingerprint density at radius 3 is 2.25 bits per heavy atom. The number of rotatable bonds is 3. The Morgan fingerprint density at radius 2 is 2.12 bits per heavy atom. The van der Waals surface area contributed by atoms with Gasteiger partial charge < -0.3 is 4.79 Å². The van der Waals surface area contributed by atoms with E-state index in [0.717, 1.165) is 6.42 Å². The summed E-state index contributed by atoms with van der Waals surface area (Å²) in [6.45, 7) is 3.45. The zero-order valence-corrected chi connectivity index (χ0v) is 8.24. The van der Waals surface area contributed by atoms with Crippen LogP contribution in [-0.4, -0.2) is 11.1 Å². The van der Waals surface area contributed by atoms with Crippen LogP contribution < -0.4 is 0 Å². The molecule has 0 rings (SSSR count). The molecule has 0 bridgehead atoms. The third-order valence-electron chi connectivity index (χ3n) is 0.460. The normalized spacial score (nSPS) is 5.50. The van der Waals surface area contributed by atoms with Gasteiger partial charge in [0, 0.05) is 0 Å². The van der Waals surface area contributed by atoms with Crippen molar-refractivity contribution in [2.75, 3.05) is 0 Å². The van der Waals surface area contributed by atoms with Crippen LogP contribution in [0, 0.1) is 0 Å². The summed E-state index contributed by atoms with van der Waals surface area (Å²) in [7, 11) is 0. The molecule has 0 heterocycles. The number of allylic oxidation sites excluding steroid dienone is 1. The van der Waals surface area contributed by atoms with Crippen LogP contribution in [0.3, 0.4) is 0 Å². The summed E-state index contributed by atoms with van der Waals surface area (Å²) < 4.78 is 0. The fourth-order valence-electron chi connectivity index (χ4n) is 0.167. The molecule has 0 aromatic heterocycles. The third-order valence-corrected chi connectivity index (χ3v) is 0.460. The fourth-order valence-corrected chi connectivity index (χ4v) is 0.167. The van der Waals surface area contributed by atoms with Crippen LogP contribution in [0.2, 0.25) is 0 Å². The van der Waals surface area contributed by atoms with Crippen molar-refractivity contribution in [2.45, 2.75) is 12.8 Å². The van der Waals surface area contributed by atoms with Gasteiger partial charge in [0.1, 0.15) is 0 Å². The smallest absolute Gasteiger partial charge is 0.471 e. The van der Waals surface area contributed by atoms with Gasteiger partial charge in [0.25, 0.3) is 0 Å². The van der Waals surface area contributed by atoms with Crippen LogP contribution in [0.1, 0.15) is 12.8 Å². The van der Waals surface area contributed by atoms with Crippen LogP contribution in [0.5, 0.6) is 0 Å². The maximum Gasteiger partial charge on any atom is 1.00 e. The zero-order valence-electron chi connectivity index (χ0n) is 4.65.